The maximum atomic E-state index is 5.16. The SMILES string of the molecule is [Na+].[S-]c1ccc2c(c1)Cc1ccccc1-2. The van der Waals surface area contributed by atoms with Gasteiger partial charge in [-0.05, 0) is 28.7 Å². The zero-order valence-electron chi connectivity index (χ0n) is 8.66. The number of fused-ring (bicyclic) bond motifs is 3. The molecule has 1 aliphatic carbocycles. The first-order valence-corrected chi connectivity index (χ1v) is 5.13. The van der Waals surface area contributed by atoms with Gasteiger partial charge in [0.15, 0.2) is 0 Å². The van der Waals surface area contributed by atoms with Crippen LogP contribution >= 0.6 is 0 Å². The molecular weight excluding hydrogens is 211 g/mol. The molecule has 2 aromatic rings. The van der Waals surface area contributed by atoms with Crippen LogP contribution in [0.2, 0.25) is 0 Å². The molecule has 0 heterocycles. The predicted octanol–water partition coefficient (Wildman–Crippen LogP) is 0.168. The molecule has 0 aliphatic heterocycles. The summed E-state index contributed by atoms with van der Waals surface area (Å²) in [6.07, 6.45) is 1.04. The average molecular weight is 220 g/mol. The smallest absolute Gasteiger partial charge is 0.780 e. The van der Waals surface area contributed by atoms with Crippen LogP contribution in [0, 0.1) is 0 Å². The van der Waals surface area contributed by atoms with E-state index in [9.17, 15) is 0 Å². The van der Waals surface area contributed by atoms with Crippen molar-refractivity contribution in [3.8, 4) is 11.1 Å². The van der Waals surface area contributed by atoms with Crippen molar-refractivity contribution in [3.05, 3.63) is 53.6 Å². The zero-order chi connectivity index (χ0) is 9.54. The Morgan fingerprint density at radius 3 is 2.47 bits per heavy atom. The van der Waals surface area contributed by atoms with Gasteiger partial charge in [0.05, 0.1) is 0 Å². The van der Waals surface area contributed by atoms with Crippen LogP contribution in [0.5, 0.6) is 0 Å². The summed E-state index contributed by atoms with van der Waals surface area (Å²) in [5.74, 6) is 0. The van der Waals surface area contributed by atoms with Gasteiger partial charge < -0.3 is 12.6 Å². The van der Waals surface area contributed by atoms with Crippen molar-refractivity contribution < 1.29 is 29.6 Å². The van der Waals surface area contributed by atoms with Gasteiger partial charge in [-0.2, -0.15) is 4.90 Å². The fraction of sp³-hybridized carbons (Fsp3) is 0.0769. The third-order valence-electron chi connectivity index (χ3n) is 2.77. The van der Waals surface area contributed by atoms with Crippen LogP contribution < -0.4 is 29.6 Å². The Morgan fingerprint density at radius 1 is 0.867 bits per heavy atom. The summed E-state index contributed by atoms with van der Waals surface area (Å²) in [5, 5.41) is 0. The Labute approximate surface area is 117 Å². The topological polar surface area (TPSA) is 0 Å². The zero-order valence-corrected chi connectivity index (χ0v) is 11.5. The average Bonchev–Trinajstić information content (AvgIpc) is 2.54. The standard InChI is InChI=1S/C13H10S.Na/c14-11-5-6-13-10(8-11)7-9-3-1-2-4-12(9)13;/h1-6,8,14H,7H2;/q;+1/p-1. The van der Waals surface area contributed by atoms with Crippen molar-refractivity contribution in [1.82, 2.24) is 0 Å². The van der Waals surface area contributed by atoms with Gasteiger partial charge in [-0.15, -0.1) is 0 Å². The largest absolute Gasteiger partial charge is 1.00 e. The van der Waals surface area contributed by atoms with Crippen LogP contribution in [-0.4, -0.2) is 0 Å². The van der Waals surface area contributed by atoms with Gasteiger partial charge in [-0.1, -0.05) is 42.5 Å². The molecule has 2 aromatic carbocycles. The predicted molar refractivity (Wildman–Crippen MR) is 60.3 cm³/mol. The van der Waals surface area contributed by atoms with E-state index in [1.165, 1.54) is 22.3 Å². The summed E-state index contributed by atoms with van der Waals surface area (Å²) < 4.78 is 0. The first kappa shape index (κ1) is 11.2. The summed E-state index contributed by atoms with van der Waals surface area (Å²) in [6.45, 7) is 0. The molecule has 0 unspecified atom stereocenters. The minimum Gasteiger partial charge on any atom is -0.780 e. The van der Waals surface area contributed by atoms with Crippen molar-refractivity contribution in [3.63, 3.8) is 0 Å². The molecule has 1 aliphatic rings. The van der Waals surface area contributed by atoms with Crippen LogP contribution in [-0.2, 0) is 19.0 Å². The van der Waals surface area contributed by atoms with Gasteiger partial charge in [0, 0.05) is 0 Å². The molecule has 0 bridgehead atoms. The van der Waals surface area contributed by atoms with Crippen molar-refractivity contribution in [2.45, 2.75) is 11.3 Å². The molecule has 68 valence electrons. The number of hydrogen-bond acceptors (Lipinski definition) is 1. The van der Waals surface area contributed by atoms with Gasteiger partial charge in [-0.3, -0.25) is 0 Å². The van der Waals surface area contributed by atoms with Crippen LogP contribution in [0.1, 0.15) is 11.1 Å². The Bertz CT molecular complexity index is 506. The molecule has 0 N–H and O–H groups in total. The molecule has 0 atom stereocenters. The van der Waals surface area contributed by atoms with Crippen molar-refractivity contribution in [1.29, 1.82) is 0 Å². The molecule has 0 saturated carbocycles. The Kier molecular flexibility index (Phi) is 3.17. The summed E-state index contributed by atoms with van der Waals surface area (Å²) in [6, 6.07) is 14.8. The number of benzene rings is 2. The minimum absolute atomic E-state index is 0. The van der Waals surface area contributed by atoms with E-state index >= 15 is 0 Å². The van der Waals surface area contributed by atoms with E-state index < -0.39 is 0 Å². The molecule has 2 heteroatoms. The van der Waals surface area contributed by atoms with Gasteiger partial charge in [0.1, 0.15) is 0 Å². The fourth-order valence-corrected chi connectivity index (χ4v) is 2.33. The minimum atomic E-state index is 0. The maximum absolute atomic E-state index is 5.16. The molecule has 3 rings (SSSR count). The summed E-state index contributed by atoms with van der Waals surface area (Å²) >= 11 is 5.16. The van der Waals surface area contributed by atoms with E-state index in [0.29, 0.717) is 0 Å². The van der Waals surface area contributed by atoms with Crippen LogP contribution in [0.25, 0.3) is 11.1 Å². The molecule has 0 spiro atoms. The number of rotatable bonds is 0. The summed E-state index contributed by atoms with van der Waals surface area (Å²) in [7, 11) is 0. The third kappa shape index (κ3) is 1.85. The van der Waals surface area contributed by atoms with Gasteiger partial charge in [0.25, 0.3) is 0 Å². The molecule has 0 saturated heterocycles. The molecule has 0 aromatic heterocycles. The first-order chi connectivity index (χ1) is 6.84. The second kappa shape index (κ2) is 4.26. The Morgan fingerprint density at radius 2 is 1.60 bits per heavy atom. The van der Waals surface area contributed by atoms with Gasteiger partial charge in [0.2, 0.25) is 0 Å². The van der Waals surface area contributed by atoms with Crippen molar-refractivity contribution >= 4 is 12.6 Å². The van der Waals surface area contributed by atoms with E-state index in [2.05, 4.69) is 36.4 Å². The fourth-order valence-electron chi connectivity index (χ4n) is 2.12. The Hall–Kier alpha value is -0.340. The molecule has 15 heavy (non-hydrogen) atoms. The van der Waals surface area contributed by atoms with E-state index in [-0.39, 0.29) is 29.6 Å². The molecule has 0 amide bonds. The van der Waals surface area contributed by atoms with Crippen LogP contribution in [0.15, 0.2) is 47.4 Å². The van der Waals surface area contributed by atoms with E-state index in [0.717, 1.165) is 11.3 Å². The summed E-state index contributed by atoms with van der Waals surface area (Å²) in [4.78, 5) is 0.941. The molecule has 0 nitrogen and oxygen atoms in total. The third-order valence-corrected chi connectivity index (χ3v) is 3.02. The quantitative estimate of drug-likeness (QED) is 0.384. The second-order valence-electron chi connectivity index (χ2n) is 3.65. The van der Waals surface area contributed by atoms with E-state index in [1.54, 1.807) is 0 Å². The summed E-state index contributed by atoms with van der Waals surface area (Å²) in [5.41, 5.74) is 5.52. The Balaban J connectivity index is 0.000000853. The van der Waals surface area contributed by atoms with Crippen LogP contribution in [0.4, 0.5) is 0 Å². The van der Waals surface area contributed by atoms with Crippen LogP contribution in [0.3, 0.4) is 0 Å². The van der Waals surface area contributed by atoms with Crippen molar-refractivity contribution in [2.75, 3.05) is 0 Å². The van der Waals surface area contributed by atoms with Crippen molar-refractivity contribution in [2.24, 2.45) is 0 Å². The molecule has 0 radical (unpaired) electrons. The molecular formula is C13H9NaS. The normalized spacial score (nSPS) is 11.5. The van der Waals surface area contributed by atoms with Gasteiger partial charge in [-0.25, -0.2) is 0 Å². The van der Waals surface area contributed by atoms with E-state index in [1.807, 2.05) is 6.07 Å². The first-order valence-electron chi connectivity index (χ1n) is 4.73. The molecule has 0 fully saturated rings. The van der Waals surface area contributed by atoms with E-state index in [4.69, 9.17) is 12.6 Å². The maximum Gasteiger partial charge on any atom is 1.00 e. The number of hydrogen-bond donors (Lipinski definition) is 0. The monoisotopic (exact) mass is 220 g/mol. The van der Waals surface area contributed by atoms with Gasteiger partial charge >= 0.3 is 29.6 Å². The second-order valence-corrected chi connectivity index (χ2v) is 4.12.